The molecule has 0 fully saturated rings. The maximum atomic E-state index is 5.75. The number of aromatic nitrogens is 2. The summed E-state index contributed by atoms with van der Waals surface area (Å²) in [5, 5.41) is 0. The third-order valence-corrected chi connectivity index (χ3v) is 2.11. The van der Waals surface area contributed by atoms with Gasteiger partial charge >= 0.3 is 0 Å². The zero-order valence-electron chi connectivity index (χ0n) is 7.20. The minimum Gasteiger partial charge on any atom is -0.398 e. The first-order chi connectivity index (χ1) is 5.68. The highest BCUT2D eigenvalue weighted by Crippen LogP contribution is 2.19. The molecular weight excluding hydrogens is 150 g/mol. The Morgan fingerprint density at radius 2 is 2.17 bits per heavy atom. The SMILES string of the molecule is Cc1cc2c(cc1N)ncn2C. The topological polar surface area (TPSA) is 43.8 Å². The molecule has 0 aliphatic carbocycles. The Balaban J connectivity index is 2.87. The molecule has 62 valence electrons. The van der Waals surface area contributed by atoms with Gasteiger partial charge in [0.25, 0.3) is 0 Å². The van der Waals surface area contributed by atoms with Crippen LogP contribution in [-0.4, -0.2) is 9.55 Å². The number of fused-ring (bicyclic) bond motifs is 1. The summed E-state index contributed by atoms with van der Waals surface area (Å²) in [7, 11) is 1.98. The summed E-state index contributed by atoms with van der Waals surface area (Å²) >= 11 is 0. The van der Waals surface area contributed by atoms with E-state index in [1.807, 2.05) is 24.6 Å². The van der Waals surface area contributed by atoms with Crippen LogP contribution in [0.1, 0.15) is 5.56 Å². The summed E-state index contributed by atoms with van der Waals surface area (Å²) in [5.74, 6) is 0. The molecule has 0 saturated carbocycles. The number of anilines is 1. The molecule has 2 N–H and O–H groups in total. The molecule has 0 aliphatic rings. The van der Waals surface area contributed by atoms with Gasteiger partial charge in [0.2, 0.25) is 0 Å². The lowest BCUT2D eigenvalue weighted by Gasteiger charge is -2.00. The minimum absolute atomic E-state index is 0.807. The Bertz CT molecular complexity index is 429. The van der Waals surface area contributed by atoms with E-state index in [0.29, 0.717) is 0 Å². The first kappa shape index (κ1) is 7.16. The van der Waals surface area contributed by atoms with Crippen molar-refractivity contribution in [2.45, 2.75) is 6.92 Å². The summed E-state index contributed by atoms with van der Waals surface area (Å²) in [5.41, 5.74) is 9.74. The minimum atomic E-state index is 0.807. The molecule has 2 aromatic rings. The van der Waals surface area contributed by atoms with Gasteiger partial charge < -0.3 is 10.3 Å². The summed E-state index contributed by atoms with van der Waals surface area (Å²) in [6, 6.07) is 3.96. The van der Waals surface area contributed by atoms with Gasteiger partial charge in [0, 0.05) is 12.7 Å². The van der Waals surface area contributed by atoms with Crippen LogP contribution in [0.3, 0.4) is 0 Å². The van der Waals surface area contributed by atoms with Crippen molar-refractivity contribution in [2.75, 3.05) is 5.73 Å². The summed E-state index contributed by atoms with van der Waals surface area (Å²) in [6.45, 7) is 2.00. The van der Waals surface area contributed by atoms with Crippen molar-refractivity contribution < 1.29 is 0 Å². The van der Waals surface area contributed by atoms with Gasteiger partial charge in [0.1, 0.15) is 0 Å². The van der Waals surface area contributed by atoms with E-state index in [0.717, 1.165) is 22.3 Å². The number of aryl methyl sites for hydroxylation is 2. The van der Waals surface area contributed by atoms with E-state index in [4.69, 9.17) is 5.73 Å². The highest BCUT2D eigenvalue weighted by Gasteiger charge is 2.01. The van der Waals surface area contributed by atoms with E-state index in [-0.39, 0.29) is 0 Å². The predicted octanol–water partition coefficient (Wildman–Crippen LogP) is 1.46. The molecule has 0 spiro atoms. The third kappa shape index (κ3) is 0.863. The van der Waals surface area contributed by atoms with Crippen LogP contribution in [0.2, 0.25) is 0 Å². The molecule has 3 nitrogen and oxygen atoms in total. The quantitative estimate of drug-likeness (QED) is 0.594. The van der Waals surface area contributed by atoms with Gasteiger partial charge in [0.05, 0.1) is 17.4 Å². The maximum absolute atomic E-state index is 5.75. The van der Waals surface area contributed by atoms with Crippen LogP contribution < -0.4 is 5.73 Å². The Morgan fingerprint density at radius 1 is 1.42 bits per heavy atom. The molecule has 0 aliphatic heterocycles. The largest absolute Gasteiger partial charge is 0.398 e. The fraction of sp³-hybridized carbons (Fsp3) is 0.222. The third-order valence-electron chi connectivity index (χ3n) is 2.11. The maximum Gasteiger partial charge on any atom is 0.0955 e. The average Bonchev–Trinajstić information content (AvgIpc) is 2.35. The van der Waals surface area contributed by atoms with Crippen molar-refractivity contribution in [3.05, 3.63) is 24.0 Å². The van der Waals surface area contributed by atoms with E-state index in [2.05, 4.69) is 11.1 Å². The van der Waals surface area contributed by atoms with Gasteiger partial charge in [-0.1, -0.05) is 0 Å². The van der Waals surface area contributed by atoms with E-state index >= 15 is 0 Å². The molecule has 2 rings (SSSR count). The molecule has 0 unspecified atom stereocenters. The fourth-order valence-electron chi connectivity index (χ4n) is 1.29. The molecular formula is C9H11N3. The number of nitrogens with two attached hydrogens (primary N) is 1. The predicted molar refractivity (Wildman–Crippen MR) is 49.9 cm³/mol. The molecule has 1 aromatic carbocycles. The van der Waals surface area contributed by atoms with Crippen LogP contribution in [0.4, 0.5) is 5.69 Å². The zero-order valence-corrected chi connectivity index (χ0v) is 7.20. The summed E-state index contributed by atoms with van der Waals surface area (Å²) in [6.07, 6.45) is 1.80. The van der Waals surface area contributed by atoms with Crippen LogP contribution >= 0.6 is 0 Å². The Morgan fingerprint density at radius 3 is 2.92 bits per heavy atom. The monoisotopic (exact) mass is 161 g/mol. The number of benzene rings is 1. The molecule has 0 atom stereocenters. The normalized spacial score (nSPS) is 10.8. The molecule has 3 heteroatoms. The lowest BCUT2D eigenvalue weighted by molar-refractivity contribution is 0.947. The van der Waals surface area contributed by atoms with Gasteiger partial charge in [-0.3, -0.25) is 0 Å². The molecule has 1 heterocycles. The van der Waals surface area contributed by atoms with Crippen LogP contribution in [0, 0.1) is 6.92 Å². The standard InChI is InChI=1S/C9H11N3/c1-6-3-9-8(4-7(6)10)11-5-12(9)2/h3-5H,10H2,1-2H3. The number of nitrogens with zero attached hydrogens (tertiary/aromatic N) is 2. The van der Waals surface area contributed by atoms with Gasteiger partial charge in [0.15, 0.2) is 0 Å². The summed E-state index contributed by atoms with van der Waals surface area (Å²) in [4.78, 5) is 4.20. The van der Waals surface area contributed by atoms with Gasteiger partial charge in [-0.2, -0.15) is 0 Å². The number of nitrogen functional groups attached to an aromatic ring is 1. The van der Waals surface area contributed by atoms with E-state index in [1.54, 1.807) is 6.33 Å². The van der Waals surface area contributed by atoms with Crippen molar-refractivity contribution in [2.24, 2.45) is 7.05 Å². The fourth-order valence-corrected chi connectivity index (χ4v) is 1.29. The molecule has 0 bridgehead atoms. The van der Waals surface area contributed by atoms with Gasteiger partial charge in [-0.05, 0) is 24.6 Å². The van der Waals surface area contributed by atoms with Crippen LogP contribution in [0.5, 0.6) is 0 Å². The van der Waals surface area contributed by atoms with Gasteiger partial charge in [-0.25, -0.2) is 4.98 Å². The Labute approximate surface area is 70.8 Å². The van der Waals surface area contributed by atoms with Crippen molar-refractivity contribution in [1.82, 2.24) is 9.55 Å². The number of hydrogen-bond donors (Lipinski definition) is 1. The second kappa shape index (κ2) is 2.24. The zero-order chi connectivity index (χ0) is 8.72. The van der Waals surface area contributed by atoms with Crippen molar-refractivity contribution >= 4 is 16.7 Å². The molecule has 0 amide bonds. The van der Waals surface area contributed by atoms with E-state index in [9.17, 15) is 0 Å². The molecule has 1 aromatic heterocycles. The lowest BCUT2D eigenvalue weighted by atomic mass is 10.2. The molecule has 0 radical (unpaired) electrons. The second-order valence-corrected chi connectivity index (χ2v) is 3.05. The van der Waals surface area contributed by atoms with Crippen molar-refractivity contribution in [3.63, 3.8) is 0 Å². The number of rotatable bonds is 0. The first-order valence-corrected chi connectivity index (χ1v) is 3.85. The van der Waals surface area contributed by atoms with E-state index < -0.39 is 0 Å². The van der Waals surface area contributed by atoms with Crippen LogP contribution in [0.15, 0.2) is 18.5 Å². The lowest BCUT2D eigenvalue weighted by Crippen LogP contribution is -1.90. The highest BCUT2D eigenvalue weighted by molar-refractivity contribution is 5.80. The van der Waals surface area contributed by atoms with Crippen LogP contribution in [-0.2, 0) is 7.05 Å². The first-order valence-electron chi connectivity index (χ1n) is 3.85. The number of hydrogen-bond acceptors (Lipinski definition) is 2. The van der Waals surface area contributed by atoms with Crippen molar-refractivity contribution in [1.29, 1.82) is 0 Å². The van der Waals surface area contributed by atoms with Crippen LogP contribution in [0.25, 0.3) is 11.0 Å². The second-order valence-electron chi connectivity index (χ2n) is 3.05. The summed E-state index contributed by atoms with van der Waals surface area (Å²) < 4.78 is 1.99. The average molecular weight is 161 g/mol. The smallest absolute Gasteiger partial charge is 0.0955 e. The Kier molecular flexibility index (Phi) is 1.33. The molecule has 0 saturated heterocycles. The highest BCUT2D eigenvalue weighted by atomic mass is 15.0. The number of imidazole rings is 1. The van der Waals surface area contributed by atoms with Crippen molar-refractivity contribution in [3.8, 4) is 0 Å². The van der Waals surface area contributed by atoms with E-state index in [1.165, 1.54) is 0 Å². The van der Waals surface area contributed by atoms with Gasteiger partial charge in [-0.15, -0.1) is 0 Å². The molecule has 12 heavy (non-hydrogen) atoms. The Hall–Kier alpha value is -1.51.